The maximum Gasteiger partial charge on any atom is 0.238 e. The van der Waals surface area contributed by atoms with Crippen molar-refractivity contribution in [3.63, 3.8) is 0 Å². The average molecular weight is 1400 g/mol. The number of amides is 8. The fourth-order valence-electron chi connectivity index (χ4n) is 6.55. The molecule has 0 aromatic heterocycles. The zero-order valence-electron chi connectivity index (χ0n) is 47.2. The Morgan fingerprint density at radius 1 is 0.205 bits per heavy atom. The summed E-state index contributed by atoms with van der Waals surface area (Å²) in [4.78, 5) is 92.7. The van der Waals surface area contributed by atoms with E-state index in [4.69, 9.17) is 0 Å². The summed E-state index contributed by atoms with van der Waals surface area (Å²) in [5.41, 5.74) is 0. The molecular weight excluding hydrogens is 1320 g/mol. The first-order valence-corrected chi connectivity index (χ1v) is 25.7. The van der Waals surface area contributed by atoms with E-state index in [2.05, 4.69) is 194 Å². The van der Waals surface area contributed by atoms with E-state index >= 15 is 0 Å². The van der Waals surface area contributed by atoms with Gasteiger partial charge in [-0.15, -0.1) is 0 Å². The zero-order chi connectivity index (χ0) is 57.0. The topological polar surface area (TPSA) is 150 Å². The van der Waals surface area contributed by atoms with Crippen LogP contribution in [0.5, 0.6) is 0 Å². The van der Waals surface area contributed by atoms with Gasteiger partial charge in [-0.1, -0.05) is 250 Å². The van der Waals surface area contributed by atoms with Crippen molar-refractivity contribution < 1.29 is 80.5 Å². The quantitative estimate of drug-likeness (QED) is 0.108. The molecule has 2 heterocycles. The number of imide groups is 4. The van der Waals surface area contributed by atoms with E-state index in [1.54, 1.807) is 0 Å². The van der Waals surface area contributed by atoms with Crippen molar-refractivity contribution in [2.24, 2.45) is 0 Å². The van der Waals surface area contributed by atoms with Gasteiger partial charge in [0.15, 0.2) is 0 Å². The van der Waals surface area contributed by atoms with Crippen molar-refractivity contribution in [3.8, 4) is 0 Å². The predicted molar refractivity (Wildman–Crippen MR) is 311 cm³/mol. The molecule has 12 nitrogen and oxygen atoms in total. The van der Waals surface area contributed by atoms with Gasteiger partial charge in [0.25, 0.3) is 0 Å². The first-order chi connectivity index (χ1) is 36.7. The molecule has 8 amide bonds. The second kappa shape index (κ2) is 41.8. The standard InChI is InChI=1S/4C10H8.2C8H10N2O4.4C2H6.2W/c4*1-2-6-10-8-4-3-7-9(10)5-1;2*1-9-5(11)3-7(13)10(2)8(14)4-6(9)12;4*1-2;;/h4*1-8H;2*3-4H2,1-2H3;4*1-2H3;;. The van der Waals surface area contributed by atoms with Crippen LogP contribution >= 0.6 is 0 Å². The molecule has 0 radical (unpaired) electrons. The maximum atomic E-state index is 11.2. The van der Waals surface area contributed by atoms with Gasteiger partial charge in [-0.05, 0) is 43.1 Å². The van der Waals surface area contributed by atoms with Crippen LogP contribution in [0.25, 0.3) is 43.1 Å². The van der Waals surface area contributed by atoms with Crippen LogP contribution in [0, 0.1) is 0 Å². The van der Waals surface area contributed by atoms with E-state index < -0.39 is 72.9 Å². The molecule has 2 aliphatic heterocycles. The van der Waals surface area contributed by atoms with Gasteiger partial charge in [0.1, 0.15) is 25.7 Å². The minimum absolute atomic E-state index is 0. The van der Waals surface area contributed by atoms with Crippen molar-refractivity contribution in [1.82, 2.24) is 19.6 Å². The number of nitrogens with zero attached hydrogens (tertiary/aromatic N) is 4. The largest absolute Gasteiger partial charge is 0.285 e. The number of hydrogen-bond acceptors (Lipinski definition) is 8. The molecule has 14 heteroatoms. The third-order valence-electron chi connectivity index (χ3n) is 10.8. The van der Waals surface area contributed by atoms with Crippen LogP contribution in [0.1, 0.15) is 81.1 Å². The Morgan fingerprint density at radius 3 is 0.359 bits per heavy atom. The summed E-state index contributed by atoms with van der Waals surface area (Å²) < 4.78 is 0. The van der Waals surface area contributed by atoms with Gasteiger partial charge in [-0.25, -0.2) is 0 Å². The summed E-state index contributed by atoms with van der Waals surface area (Å²) in [6, 6.07) is 66.9. The maximum absolute atomic E-state index is 11.2. The number of benzene rings is 8. The van der Waals surface area contributed by atoms with Crippen molar-refractivity contribution in [2.75, 3.05) is 28.2 Å². The van der Waals surface area contributed by atoms with Crippen LogP contribution in [-0.2, 0) is 80.5 Å². The van der Waals surface area contributed by atoms with Crippen LogP contribution in [0.15, 0.2) is 194 Å². The van der Waals surface area contributed by atoms with Crippen molar-refractivity contribution in [1.29, 1.82) is 0 Å². The molecule has 0 saturated carbocycles. The fourth-order valence-corrected chi connectivity index (χ4v) is 6.55. The Bertz CT molecular complexity index is 2360. The smallest absolute Gasteiger partial charge is 0.238 e. The van der Waals surface area contributed by atoms with E-state index in [1.807, 2.05) is 55.4 Å². The molecule has 0 spiro atoms. The third-order valence-corrected chi connectivity index (χ3v) is 10.8. The summed E-state index contributed by atoms with van der Waals surface area (Å²) in [6.07, 6.45) is -1.76. The van der Waals surface area contributed by atoms with Gasteiger partial charge in [-0.3, -0.25) is 58.0 Å². The number of carbonyl (C=O) groups is 8. The Balaban J connectivity index is 0. The number of carbonyl (C=O) groups excluding carboxylic acids is 8. The Morgan fingerprint density at radius 2 is 0.282 bits per heavy atom. The molecular formula is C64H76N4O8W2. The molecule has 78 heavy (non-hydrogen) atoms. The number of fused-ring (bicyclic) bond motifs is 4. The Kier molecular flexibility index (Phi) is 39.1. The van der Waals surface area contributed by atoms with Gasteiger partial charge < -0.3 is 0 Å². The number of hydrogen-bond donors (Lipinski definition) is 0. The van der Waals surface area contributed by atoms with Gasteiger partial charge >= 0.3 is 0 Å². The molecule has 8 aromatic rings. The molecule has 2 aliphatic rings. The van der Waals surface area contributed by atoms with Gasteiger partial charge in [0.05, 0.1) is 0 Å². The third kappa shape index (κ3) is 24.8. The predicted octanol–water partition coefficient (Wildman–Crippen LogP) is 13.0. The molecule has 0 unspecified atom stereocenters. The van der Waals surface area contributed by atoms with E-state index in [9.17, 15) is 38.4 Å². The van der Waals surface area contributed by atoms with E-state index in [0.29, 0.717) is 0 Å². The van der Waals surface area contributed by atoms with E-state index in [0.717, 1.165) is 19.6 Å². The number of rotatable bonds is 0. The summed E-state index contributed by atoms with van der Waals surface area (Å²) in [7, 11) is 5.04. The molecule has 10 rings (SSSR count). The summed E-state index contributed by atoms with van der Waals surface area (Å²) >= 11 is 0. The normalized spacial score (nSPS) is 12.6. The zero-order valence-corrected chi connectivity index (χ0v) is 53.0. The second-order valence-corrected chi connectivity index (χ2v) is 15.5. The van der Waals surface area contributed by atoms with Crippen LogP contribution in [-0.4, -0.2) is 95.0 Å². The Hall–Kier alpha value is -7.26. The average Bonchev–Trinajstić information content (AvgIpc) is 3.48. The van der Waals surface area contributed by atoms with E-state index in [-0.39, 0.29) is 42.1 Å². The Labute approximate surface area is 490 Å². The van der Waals surface area contributed by atoms with Crippen molar-refractivity contribution in [2.45, 2.75) is 81.1 Å². The molecule has 412 valence electrons. The molecule has 0 N–H and O–H groups in total. The second-order valence-electron chi connectivity index (χ2n) is 15.5. The SMILES string of the molecule is CC.CC.CC.CC.CN1C(=O)CC(=O)N(C)C(=O)CC1=O.CN1C(=O)CC(=O)N(C)C(=O)CC1=O.[W].[W].c1ccc2ccccc2c1.c1ccc2ccccc2c1.c1ccc2ccccc2c1.c1ccc2ccccc2c1. The minimum Gasteiger partial charge on any atom is -0.285 e. The van der Waals surface area contributed by atoms with E-state index in [1.165, 1.54) is 71.3 Å². The fraction of sp³-hybridized carbons (Fsp3) is 0.250. The van der Waals surface area contributed by atoms with Gasteiger partial charge in [0.2, 0.25) is 47.3 Å². The van der Waals surface area contributed by atoms with Gasteiger partial charge in [0, 0.05) is 70.3 Å². The van der Waals surface area contributed by atoms with Crippen molar-refractivity contribution >= 4 is 90.3 Å². The summed E-state index contributed by atoms with van der Waals surface area (Å²) in [5.74, 6) is -4.67. The molecule has 2 saturated heterocycles. The first-order valence-electron chi connectivity index (χ1n) is 25.7. The van der Waals surface area contributed by atoms with Crippen molar-refractivity contribution in [3.05, 3.63) is 194 Å². The molecule has 0 aliphatic carbocycles. The minimum atomic E-state index is -0.584. The molecule has 0 bridgehead atoms. The summed E-state index contributed by atoms with van der Waals surface area (Å²) in [6.45, 7) is 16.0. The molecule has 0 atom stereocenters. The van der Waals surface area contributed by atoms with Crippen LogP contribution in [0.2, 0.25) is 0 Å². The van der Waals surface area contributed by atoms with Gasteiger partial charge in [-0.2, -0.15) is 0 Å². The van der Waals surface area contributed by atoms with Crippen LogP contribution < -0.4 is 0 Å². The monoisotopic (exact) mass is 1400 g/mol. The molecule has 8 aromatic carbocycles. The molecule has 2 fully saturated rings. The first kappa shape index (κ1) is 72.8. The van der Waals surface area contributed by atoms with Crippen LogP contribution in [0.3, 0.4) is 0 Å². The van der Waals surface area contributed by atoms with Crippen LogP contribution in [0.4, 0.5) is 0 Å². The summed E-state index contributed by atoms with van der Waals surface area (Å²) in [5, 5.41) is 10.5.